The van der Waals surface area contributed by atoms with Gasteiger partial charge in [-0.1, -0.05) is 12.1 Å². The van der Waals surface area contributed by atoms with Gasteiger partial charge in [0.25, 0.3) is 5.91 Å². The number of hydrogen-bond donors (Lipinski definition) is 1. The standard InChI is InChI=1S/C14H16FNO4/c1-2-20-11-6-4-3-5-10(11)12(17)16-8-7-14(15,9-16)13(18)19/h3-6H,2,7-9H2,1H3,(H,18,19). The van der Waals surface area contributed by atoms with E-state index in [0.29, 0.717) is 17.9 Å². The molecule has 2 rings (SSSR count). The van der Waals surface area contributed by atoms with E-state index < -0.39 is 24.1 Å². The van der Waals surface area contributed by atoms with Crippen LogP contribution < -0.4 is 4.74 Å². The van der Waals surface area contributed by atoms with Crippen molar-refractivity contribution in [3.8, 4) is 5.75 Å². The van der Waals surface area contributed by atoms with E-state index in [2.05, 4.69) is 0 Å². The van der Waals surface area contributed by atoms with Gasteiger partial charge in [0, 0.05) is 13.0 Å². The second-order valence-electron chi connectivity index (χ2n) is 4.68. The second-order valence-corrected chi connectivity index (χ2v) is 4.68. The highest BCUT2D eigenvalue weighted by Crippen LogP contribution is 2.29. The lowest BCUT2D eigenvalue weighted by molar-refractivity contribution is -0.149. The summed E-state index contributed by atoms with van der Waals surface area (Å²) in [4.78, 5) is 24.4. The summed E-state index contributed by atoms with van der Waals surface area (Å²) in [6, 6.07) is 6.67. The lowest BCUT2D eigenvalue weighted by atomic mass is 10.1. The van der Waals surface area contributed by atoms with Gasteiger partial charge in [-0.15, -0.1) is 0 Å². The molecular formula is C14H16FNO4. The molecule has 1 heterocycles. The number of ether oxygens (including phenoxy) is 1. The maximum atomic E-state index is 14.0. The van der Waals surface area contributed by atoms with Crippen molar-refractivity contribution in [2.45, 2.75) is 19.0 Å². The molecule has 1 aliphatic rings. The molecular weight excluding hydrogens is 265 g/mol. The maximum absolute atomic E-state index is 14.0. The zero-order valence-electron chi connectivity index (χ0n) is 11.1. The van der Waals surface area contributed by atoms with Crippen molar-refractivity contribution in [1.29, 1.82) is 0 Å². The van der Waals surface area contributed by atoms with Gasteiger partial charge in [-0.3, -0.25) is 4.79 Å². The van der Waals surface area contributed by atoms with Crippen LogP contribution in [0.2, 0.25) is 0 Å². The lowest BCUT2D eigenvalue weighted by Crippen LogP contribution is -2.39. The van der Waals surface area contributed by atoms with Crippen LogP contribution in [0.5, 0.6) is 5.75 Å². The van der Waals surface area contributed by atoms with Crippen LogP contribution >= 0.6 is 0 Å². The summed E-state index contributed by atoms with van der Waals surface area (Å²) in [7, 11) is 0. The van der Waals surface area contributed by atoms with Crippen molar-refractivity contribution >= 4 is 11.9 Å². The van der Waals surface area contributed by atoms with Crippen LogP contribution in [-0.4, -0.2) is 47.2 Å². The number of para-hydroxylation sites is 1. The molecule has 1 aromatic carbocycles. The summed E-state index contributed by atoms with van der Waals surface area (Å²) in [5, 5.41) is 8.84. The molecule has 5 nitrogen and oxygen atoms in total. The van der Waals surface area contributed by atoms with Crippen molar-refractivity contribution in [3.63, 3.8) is 0 Å². The number of carboxylic acid groups (broad SMARTS) is 1. The fraction of sp³-hybridized carbons (Fsp3) is 0.429. The van der Waals surface area contributed by atoms with Gasteiger partial charge in [-0.25, -0.2) is 9.18 Å². The normalized spacial score (nSPS) is 21.8. The molecule has 1 amide bonds. The third kappa shape index (κ3) is 2.59. The van der Waals surface area contributed by atoms with Crippen LogP contribution in [0.25, 0.3) is 0 Å². The molecule has 1 aliphatic heterocycles. The lowest BCUT2D eigenvalue weighted by Gasteiger charge is -2.19. The van der Waals surface area contributed by atoms with Gasteiger partial charge < -0.3 is 14.7 Å². The number of amides is 1. The minimum absolute atomic E-state index is 0.0854. The molecule has 0 bridgehead atoms. The fourth-order valence-electron chi connectivity index (χ4n) is 2.22. The SMILES string of the molecule is CCOc1ccccc1C(=O)N1CCC(F)(C(=O)O)C1. The van der Waals surface area contributed by atoms with Crippen LogP contribution in [0.1, 0.15) is 23.7 Å². The number of alkyl halides is 1. The molecule has 0 aliphatic carbocycles. The summed E-state index contributed by atoms with van der Waals surface area (Å²) >= 11 is 0. The molecule has 108 valence electrons. The minimum atomic E-state index is -2.35. The molecule has 6 heteroatoms. The molecule has 1 aromatic rings. The quantitative estimate of drug-likeness (QED) is 0.912. The number of carbonyl (C=O) groups excluding carboxylic acids is 1. The molecule has 0 spiro atoms. The Labute approximate surface area is 116 Å². The Bertz CT molecular complexity index is 534. The topological polar surface area (TPSA) is 66.8 Å². The molecule has 0 aromatic heterocycles. The van der Waals surface area contributed by atoms with E-state index in [-0.39, 0.29) is 13.0 Å². The van der Waals surface area contributed by atoms with E-state index >= 15 is 0 Å². The molecule has 0 saturated carbocycles. The first-order valence-corrected chi connectivity index (χ1v) is 6.41. The first-order valence-electron chi connectivity index (χ1n) is 6.41. The Morgan fingerprint density at radius 2 is 2.15 bits per heavy atom. The summed E-state index contributed by atoms with van der Waals surface area (Å²) in [6.45, 7) is 1.87. The summed E-state index contributed by atoms with van der Waals surface area (Å²) in [5.41, 5.74) is -2.03. The summed E-state index contributed by atoms with van der Waals surface area (Å²) in [5.74, 6) is -1.51. The largest absolute Gasteiger partial charge is 0.493 e. The number of carboxylic acids is 1. The van der Waals surface area contributed by atoms with Crippen molar-refractivity contribution in [3.05, 3.63) is 29.8 Å². The van der Waals surface area contributed by atoms with Gasteiger partial charge in [0.2, 0.25) is 5.67 Å². The van der Waals surface area contributed by atoms with Gasteiger partial charge in [-0.05, 0) is 19.1 Å². The van der Waals surface area contributed by atoms with Gasteiger partial charge in [0.15, 0.2) is 0 Å². The Hall–Kier alpha value is -2.11. The zero-order valence-corrected chi connectivity index (χ0v) is 11.1. The molecule has 1 fully saturated rings. The number of benzene rings is 1. The van der Waals surface area contributed by atoms with Crippen LogP contribution in [0.3, 0.4) is 0 Å². The number of likely N-dealkylation sites (tertiary alicyclic amines) is 1. The Morgan fingerprint density at radius 1 is 1.45 bits per heavy atom. The van der Waals surface area contributed by atoms with Crippen LogP contribution in [-0.2, 0) is 4.79 Å². The van der Waals surface area contributed by atoms with Crippen LogP contribution in [0, 0.1) is 0 Å². The highest BCUT2D eigenvalue weighted by atomic mass is 19.1. The average Bonchev–Trinajstić information content (AvgIpc) is 2.83. The first-order chi connectivity index (χ1) is 9.48. The predicted molar refractivity (Wildman–Crippen MR) is 69.6 cm³/mol. The van der Waals surface area contributed by atoms with Gasteiger partial charge in [-0.2, -0.15) is 0 Å². The van der Waals surface area contributed by atoms with Crippen molar-refractivity contribution in [2.24, 2.45) is 0 Å². The molecule has 1 N–H and O–H groups in total. The van der Waals surface area contributed by atoms with E-state index in [1.165, 1.54) is 4.90 Å². The fourth-order valence-corrected chi connectivity index (χ4v) is 2.22. The summed E-state index contributed by atoms with van der Waals surface area (Å²) in [6.07, 6.45) is -0.190. The van der Waals surface area contributed by atoms with E-state index in [1.807, 2.05) is 0 Å². The third-order valence-electron chi connectivity index (χ3n) is 3.31. The van der Waals surface area contributed by atoms with E-state index in [0.717, 1.165) is 0 Å². The first kappa shape index (κ1) is 14.3. The van der Waals surface area contributed by atoms with Crippen LogP contribution in [0.4, 0.5) is 4.39 Å². The van der Waals surface area contributed by atoms with E-state index in [4.69, 9.17) is 9.84 Å². The summed E-state index contributed by atoms with van der Waals surface area (Å²) < 4.78 is 19.3. The predicted octanol–water partition coefficient (Wildman–Crippen LogP) is 1.72. The Balaban J connectivity index is 2.19. The Kier molecular flexibility index (Phi) is 3.92. The number of nitrogens with zero attached hydrogens (tertiary/aromatic N) is 1. The van der Waals surface area contributed by atoms with Crippen LogP contribution in [0.15, 0.2) is 24.3 Å². The third-order valence-corrected chi connectivity index (χ3v) is 3.31. The van der Waals surface area contributed by atoms with Gasteiger partial charge in [0.1, 0.15) is 5.75 Å². The number of halogens is 1. The molecule has 1 atom stereocenters. The second kappa shape index (κ2) is 5.48. The molecule has 1 unspecified atom stereocenters. The van der Waals surface area contributed by atoms with Crippen molar-refractivity contribution < 1.29 is 23.8 Å². The molecule has 0 radical (unpaired) electrons. The molecule has 1 saturated heterocycles. The zero-order chi connectivity index (χ0) is 14.8. The van der Waals surface area contributed by atoms with E-state index in [1.54, 1.807) is 31.2 Å². The van der Waals surface area contributed by atoms with E-state index in [9.17, 15) is 14.0 Å². The molecule has 20 heavy (non-hydrogen) atoms. The minimum Gasteiger partial charge on any atom is -0.493 e. The Morgan fingerprint density at radius 3 is 2.75 bits per heavy atom. The number of aliphatic carboxylic acids is 1. The number of carbonyl (C=O) groups is 2. The average molecular weight is 281 g/mol. The van der Waals surface area contributed by atoms with Gasteiger partial charge >= 0.3 is 5.97 Å². The number of rotatable bonds is 4. The highest BCUT2D eigenvalue weighted by Gasteiger charge is 2.47. The van der Waals surface area contributed by atoms with Gasteiger partial charge in [0.05, 0.1) is 18.7 Å². The smallest absolute Gasteiger partial charge is 0.343 e. The number of hydrogen-bond acceptors (Lipinski definition) is 3. The van der Waals surface area contributed by atoms with Crippen molar-refractivity contribution in [1.82, 2.24) is 4.90 Å². The van der Waals surface area contributed by atoms with Crippen molar-refractivity contribution in [2.75, 3.05) is 19.7 Å². The monoisotopic (exact) mass is 281 g/mol. The maximum Gasteiger partial charge on any atom is 0.343 e. The highest BCUT2D eigenvalue weighted by molar-refractivity contribution is 5.97.